The first-order valence-corrected chi connectivity index (χ1v) is 12.4. The van der Waals surface area contributed by atoms with E-state index in [0.29, 0.717) is 12.0 Å². The lowest BCUT2D eigenvalue weighted by molar-refractivity contribution is 0.315. The number of hydrogen-bond acceptors (Lipinski definition) is 3. The number of allylic oxidation sites excluding steroid dienone is 2. The summed E-state index contributed by atoms with van der Waals surface area (Å²) in [4.78, 5) is 1.35. The van der Waals surface area contributed by atoms with Crippen LogP contribution in [-0.4, -0.2) is 6.54 Å². The molecule has 0 unspecified atom stereocenters. The van der Waals surface area contributed by atoms with E-state index in [-0.39, 0.29) is 0 Å². The highest BCUT2D eigenvalue weighted by molar-refractivity contribution is 8.11. The van der Waals surface area contributed by atoms with Crippen molar-refractivity contribution in [1.82, 2.24) is 5.32 Å². The number of aryl methyl sites for hydroxylation is 3. The summed E-state index contributed by atoms with van der Waals surface area (Å²) in [5.41, 5.74) is 18.6. The minimum absolute atomic E-state index is 0.412. The highest BCUT2D eigenvalue weighted by atomic mass is 32.2. The van der Waals surface area contributed by atoms with E-state index in [1.807, 2.05) is 11.8 Å². The average Bonchev–Trinajstić information content (AvgIpc) is 2.71. The fraction of sp³-hybridized carbons (Fsp3) is 0.429. The number of nitrogens with two attached hydrogens (primary N) is 1. The van der Waals surface area contributed by atoms with Crippen LogP contribution in [0.25, 0.3) is 4.91 Å². The molecule has 0 spiro atoms. The Morgan fingerprint density at radius 2 is 1.74 bits per heavy atom. The van der Waals surface area contributed by atoms with Gasteiger partial charge in [0.05, 0.1) is 0 Å². The maximum Gasteiger partial charge on any atom is 0.0379 e. The van der Waals surface area contributed by atoms with Gasteiger partial charge in [-0.1, -0.05) is 55.9 Å². The minimum atomic E-state index is 0.412. The van der Waals surface area contributed by atoms with Gasteiger partial charge in [-0.2, -0.15) is 0 Å². The molecule has 4 rings (SSSR count). The molecule has 0 saturated heterocycles. The van der Waals surface area contributed by atoms with Crippen LogP contribution in [0.15, 0.2) is 47.1 Å². The van der Waals surface area contributed by atoms with E-state index in [4.69, 9.17) is 5.73 Å². The molecular formula is C28H36N2S. The Morgan fingerprint density at radius 1 is 1.00 bits per heavy atom. The molecule has 0 bridgehead atoms. The molecule has 0 fully saturated rings. The third kappa shape index (κ3) is 4.94. The third-order valence-electron chi connectivity index (χ3n) is 6.81. The van der Waals surface area contributed by atoms with Crippen LogP contribution < -0.4 is 11.1 Å². The number of nitrogens with one attached hydrogen (secondary N) is 1. The smallest absolute Gasteiger partial charge is 0.0379 e. The molecule has 2 aromatic rings. The summed E-state index contributed by atoms with van der Waals surface area (Å²) in [6.45, 7) is 12.1. The van der Waals surface area contributed by atoms with Crippen LogP contribution in [0.3, 0.4) is 0 Å². The van der Waals surface area contributed by atoms with Crippen molar-refractivity contribution < 1.29 is 0 Å². The molecule has 0 radical (unpaired) electrons. The van der Waals surface area contributed by atoms with Gasteiger partial charge in [-0.25, -0.2) is 0 Å². The molecule has 1 heterocycles. The summed E-state index contributed by atoms with van der Waals surface area (Å²) in [5.74, 6) is 0. The molecule has 2 aliphatic rings. The van der Waals surface area contributed by atoms with E-state index in [0.717, 1.165) is 12.8 Å². The van der Waals surface area contributed by atoms with E-state index in [1.54, 1.807) is 0 Å². The Labute approximate surface area is 192 Å². The van der Waals surface area contributed by atoms with E-state index in [2.05, 4.69) is 75.7 Å². The maximum absolute atomic E-state index is 5.77. The van der Waals surface area contributed by atoms with Crippen LogP contribution >= 0.6 is 11.8 Å². The van der Waals surface area contributed by atoms with Gasteiger partial charge in [0, 0.05) is 22.7 Å². The zero-order chi connectivity index (χ0) is 22.2. The SMILES string of the molecule is CC1=C(c2ccc3c(c2)CC(C)(C)CC3)SC=C(Cc2cc(C)c(CCN)cc2C)N1. The second-order valence-electron chi connectivity index (χ2n) is 10.1. The van der Waals surface area contributed by atoms with Crippen molar-refractivity contribution in [1.29, 1.82) is 0 Å². The zero-order valence-electron chi connectivity index (χ0n) is 19.7. The number of fused-ring (bicyclic) bond motifs is 1. The number of hydrogen-bond donors (Lipinski definition) is 2. The van der Waals surface area contributed by atoms with Gasteiger partial charge in [-0.05, 0) is 103 Å². The lowest BCUT2D eigenvalue weighted by atomic mass is 9.74. The number of rotatable bonds is 5. The summed E-state index contributed by atoms with van der Waals surface area (Å²) in [6.07, 6.45) is 5.56. The van der Waals surface area contributed by atoms with Crippen molar-refractivity contribution in [3.05, 3.63) is 86.1 Å². The summed E-state index contributed by atoms with van der Waals surface area (Å²) in [6, 6.07) is 11.8. The van der Waals surface area contributed by atoms with Crippen LogP contribution in [0.4, 0.5) is 0 Å². The van der Waals surface area contributed by atoms with Crippen molar-refractivity contribution in [2.75, 3.05) is 6.54 Å². The van der Waals surface area contributed by atoms with E-state index in [1.165, 1.54) is 74.5 Å². The predicted octanol–water partition coefficient (Wildman–Crippen LogP) is 6.43. The lowest BCUT2D eigenvalue weighted by Gasteiger charge is -2.32. The fourth-order valence-corrected chi connectivity index (χ4v) is 5.82. The van der Waals surface area contributed by atoms with Gasteiger partial charge in [0.2, 0.25) is 0 Å². The maximum atomic E-state index is 5.77. The van der Waals surface area contributed by atoms with Gasteiger partial charge >= 0.3 is 0 Å². The van der Waals surface area contributed by atoms with E-state index in [9.17, 15) is 0 Å². The largest absolute Gasteiger partial charge is 0.361 e. The van der Waals surface area contributed by atoms with Gasteiger partial charge in [-0.15, -0.1) is 0 Å². The van der Waals surface area contributed by atoms with Crippen molar-refractivity contribution >= 4 is 16.7 Å². The molecule has 164 valence electrons. The summed E-state index contributed by atoms with van der Waals surface area (Å²) in [5, 5.41) is 6.00. The van der Waals surface area contributed by atoms with E-state index < -0.39 is 0 Å². The van der Waals surface area contributed by atoms with Gasteiger partial charge < -0.3 is 11.1 Å². The molecule has 3 N–H and O–H groups in total. The van der Waals surface area contributed by atoms with Crippen molar-refractivity contribution in [2.24, 2.45) is 11.1 Å². The highest BCUT2D eigenvalue weighted by Crippen LogP contribution is 2.40. The first-order valence-electron chi connectivity index (χ1n) is 11.5. The van der Waals surface area contributed by atoms with Crippen LogP contribution in [0.2, 0.25) is 0 Å². The third-order valence-corrected chi connectivity index (χ3v) is 7.99. The van der Waals surface area contributed by atoms with Gasteiger partial charge in [0.1, 0.15) is 0 Å². The van der Waals surface area contributed by atoms with Gasteiger partial charge in [0.15, 0.2) is 0 Å². The number of benzene rings is 2. The van der Waals surface area contributed by atoms with Crippen molar-refractivity contribution in [3.8, 4) is 0 Å². The monoisotopic (exact) mass is 432 g/mol. The molecule has 2 aromatic carbocycles. The highest BCUT2D eigenvalue weighted by Gasteiger charge is 2.26. The predicted molar refractivity (Wildman–Crippen MR) is 136 cm³/mol. The van der Waals surface area contributed by atoms with E-state index >= 15 is 0 Å². The van der Waals surface area contributed by atoms with Gasteiger partial charge in [-0.3, -0.25) is 0 Å². The molecule has 3 heteroatoms. The average molecular weight is 433 g/mol. The molecule has 1 aliphatic heterocycles. The first-order chi connectivity index (χ1) is 14.8. The summed E-state index contributed by atoms with van der Waals surface area (Å²) >= 11 is 1.86. The molecule has 0 atom stereocenters. The molecule has 2 nitrogen and oxygen atoms in total. The van der Waals surface area contributed by atoms with Crippen LogP contribution in [0, 0.1) is 19.3 Å². The standard InChI is InChI=1S/C28H36N2S/c1-18-13-24(19(2)12-22(18)9-11-29)15-26-17-31-27(20(3)30-26)23-7-6-21-8-10-28(4,5)16-25(21)14-23/h6-7,12-14,17,30H,8-11,15-16,29H2,1-5H3. The first kappa shape index (κ1) is 22.2. The summed E-state index contributed by atoms with van der Waals surface area (Å²) < 4.78 is 0. The second-order valence-corrected chi connectivity index (χ2v) is 11.0. The van der Waals surface area contributed by atoms with Crippen molar-refractivity contribution in [2.45, 2.75) is 66.7 Å². The second kappa shape index (κ2) is 8.88. The number of thioether (sulfide) groups is 1. The normalized spacial score (nSPS) is 17.8. The fourth-order valence-electron chi connectivity index (χ4n) is 4.92. The Morgan fingerprint density at radius 3 is 2.48 bits per heavy atom. The Kier molecular flexibility index (Phi) is 6.37. The molecule has 1 aliphatic carbocycles. The molecular weight excluding hydrogens is 396 g/mol. The lowest BCUT2D eigenvalue weighted by Crippen LogP contribution is -2.22. The molecule has 0 aromatic heterocycles. The van der Waals surface area contributed by atoms with Gasteiger partial charge in [0.25, 0.3) is 0 Å². The topological polar surface area (TPSA) is 38.0 Å². The Balaban J connectivity index is 1.51. The van der Waals surface area contributed by atoms with Crippen LogP contribution in [0.5, 0.6) is 0 Å². The summed E-state index contributed by atoms with van der Waals surface area (Å²) in [7, 11) is 0. The van der Waals surface area contributed by atoms with Crippen LogP contribution in [-0.2, 0) is 25.7 Å². The van der Waals surface area contributed by atoms with Crippen LogP contribution in [0.1, 0.15) is 66.1 Å². The zero-order valence-corrected chi connectivity index (χ0v) is 20.5. The molecule has 0 amide bonds. The minimum Gasteiger partial charge on any atom is -0.361 e. The molecule has 0 saturated carbocycles. The Bertz CT molecular complexity index is 1060. The van der Waals surface area contributed by atoms with Crippen molar-refractivity contribution in [3.63, 3.8) is 0 Å². The Hall–Kier alpha value is -1.97. The quantitative estimate of drug-likeness (QED) is 0.572. The molecule has 31 heavy (non-hydrogen) atoms.